The molecule has 1 aromatic heterocycles. The molecule has 0 aliphatic carbocycles. The van der Waals surface area contributed by atoms with Crippen molar-refractivity contribution in [3.63, 3.8) is 0 Å². The van der Waals surface area contributed by atoms with E-state index in [1.165, 1.54) is 38.0 Å². The molecule has 5 rings (SSSR count). The molecular weight excluding hydrogens is 523 g/mol. The van der Waals surface area contributed by atoms with Crippen LogP contribution in [0.1, 0.15) is 36.5 Å². The van der Waals surface area contributed by atoms with E-state index in [0.717, 1.165) is 43.1 Å². The quantitative estimate of drug-likeness (QED) is 0.142. The monoisotopic (exact) mass is 551 g/mol. The summed E-state index contributed by atoms with van der Waals surface area (Å²) < 4.78 is 56.1. The number of carbonyl (C=O) groups is 1. The van der Waals surface area contributed by atoms with Crippen molar-refractivity contribution in [3.8, 4) is 22.6 Å². The molecule has 0 atom stereocenters. The fraction of sp³-hybridized carbons (Fsp3) is 0.290. The van der Waals surface area contributed by atoms with Crippen LogP contribution < -0.4 is 15.1 Å². The van der Waals surface area contributed by atoms with Crippen molar-refractivity contribution in [1.29, 1.82) is 0 Å². The maximum absolute atomic E-state index is 13.2. The molecule has 40 heavy (non-hydrogen) atoms. The molecule has 0 spiro atoms. The Bertz CT molecular complexity index is 1550. The van der Waals surface area contributed by atoms with Gasteiger partial charge in [0.05, 0.1) is 11.1 Å². The molecule has 0 unspecified atom stereocenters. The van der Waals surface area contributed by atoms with Gasteiger partial charge in [-0.25, -0.2) is 4.79 Å². The summed E-state index contributed by atoms with van der Waals surface area (Å²) in [6.45, 7) is 4.93. The number of likely N-dealkylation sites (tertiary alicyclic amines) is 1. The number of ether oxygens (including phenoxy) is 2. The predicted octanol–water partition coefficient (Wildman–Crippen LogP) is 6.47. The highest BCUT2D eigenvalue weighted by Gasteiger charge is 2.30. The number of hydrogen-bond donors (Lipinski definition) is 0. The van der Waals surface area contributed by atoms with Crippen molar-refractivity contribution in [3.05, 3.63) is 93.8 Å². The average molecular weight is 552 g/mol. The zero-order valence-electron chi connectivity index (χ0n) is 21.9. The molecular formula is C31H28F3NO5. The fourth-order valence-corrected chi connectivity index (χ4v) is 4.98. The first-order valence-corrected chi connectivity index (χ1v) is 13.1. The maximum atomic E-state index is 13.2. The first-order chi connectivity index (χ1) is 19.2. The van der Waals surface area contributed by atoms with E-state index in [2.05, 4.69) is 4.90 Å². The Hall–Kier alpha value is -4.11. The van der Waals surface area contributed by atoms with E-state index in [1.54, 1.807) is 12.1 Å². The first kappa shape index (κ1) is 27.5. The van der Waals surface area contributed by atoms with Gasteiger partial charge in [-0.1, -0.05) is 24.3 Å². The Kier molecular flexibility index (Phi) is 7.93. The van der Waals surface area contributed by atoms with Crippen molar-refractivity contribution in [2.75, 3.05) is 26.2 Å². The van der Waals surface area contributed by atoms with Gasteiger partial charge in [0.15, 0.2) is 0 Å². The lowest BCUT2D eigenvalue weighted by Crippen LogP contribution is -2.25. The van der Waals surface area contributed by atoms with Crippen LogP contribution in [0.15, 0.2) is 75.9 Å². The van der Waals surface area contributed by atoms with Gasteiger partial charge in [-0.3, -0.25) is 9.69 Å². The molecule has 4 aromatic rings. The molecule has 1 aliphatic rings. The molecule has 0 radical (unpaired) electrons. The van der Waals surface area contributed by atoms with Crippen molar-refractivity contribution >= 4 is 16.9 Å². The number of alkyl halides is 3. The van der Waals surface area contributed by atoms with Crippen LogP contribution in [0.3, 0.4) is 0 Å². The molecule has 0 amide bonds. The van der Waals surface area contributed by atoms with E-state index in [-0.39, 0.29) is 16.9 Å². The summed E-state index contributed by atoms with van der Waals surface area (Å²) in [6.07, 6.45) is -1.75. The highest BCUT2D eigenvalue weighted by atomic mass is 19.4. The molecule has 208 valence electrons. The Labute approximate surface area is 228 Å². The van der Waals surface area contributed by atoms with Gasteiger partial charge in [-0.15, -0.1) is 0 Å². The van der Waals surface area contributed by atoms with Crippen LogP contribution >= 0.6 is 0 Å². The number of halogens is 3. The lowest BCUT2D eigenvalue weighted by atomic mass is 9.93. The van der Waals surface area contributed by atoms with E-state index in [9.17, 15) is 22.8 Å². The molecule has 1 saturated heterocycles. The molecule has 3 aromatic carbocycles. The van der Waals surface area contributed by atoms with Crippen LogP contribution in [0.2, 0.25) is 0 Å². The third-order valence-electron chi connectivity index (χ3n) is 6.93. The maximum Gasteiger partial charge on any atom is 0.416 e. The SMILES string of the molecule is CC(=O)Oc1ccc2c(Cc3ccc(OCCN4CCCC4)cc3)c(-c3ccc(C(F)(F)F)cc3)c(=O)oc2c1. The predicted molar refractivity (Wildman–Crippen MR) is 145 cm³/mol. The van der Waals surface area contributed by atoms with Crippen LogP contribution in [0.4, 0.5) is 13.2 Å². The van der Waals surface area contributed by atoms with Crippen molar-refractivity contribution in [2.45, 2.75) is 32.4 Å². The molecule has 1 aliphatic heterocycles. The number of carbonyl (C=O) groups excluding carboxylic acids is 1. The number of esters is 1. The fourth-order valence-electron chi connectivity index (χ4n) is 4.98. The van der Waals surface area contributed by atoms with E-state index in [0.29, 0.717) is 29.5 Å². The van der Waals surface area contributed by atoms with Crippen LogP contribution in [0, 0.1) is 0 Å². The molecule has 0 N–H and O–H groups in total. The van der Waals surface area contributed by atoms with Gasteiger partial charge < -0.3 is 13.9 Å². The summed E-state index contributed by atoms with van der Waals surface area (Å²) in [5, 5.41) is 0.580. The van der Waals surface area contributed by atoms with Gasteiger partial charge in [0.2, 0.25) is 0 Å². The Morgan fingerprint density at radius 2 is 1.62 bits per heavy atom. The van der Waals surface area contributed by atoms with E-state index in [1.807, 2.05) is 24.3 Å². The number of hydrogen-bond acceptors (Lipinski definition) is 6. The van der Waals surface area contributed by atoms with Crippen molar-refractivity contribution < 1.29 is 31.9 Å². The van der Waals surface area contributed by atoms with E-state index >= 15 is 0 Å². The van der Waals surface area contributed by atoms with Gasteiger partial charge in [-0.05, 0) is 85.4 Å². The van der Waals surface area contributed by atoms with Crippen LogP contribution in [0.25, 0.3) is 22.1 Å². The zero-order valence-corrected chi connectivity index (χ0v) is 21.9. The smallest absolute Gasteiger partial charge is 0.416 e. The normalized spacial score (nSPS) is 14.0. The number of rotatable bonds is 8. The van der Waals surface area contributed by atoms with Crippen molar-refractivity contribution in [1.82, 2.24) is 4.90 Å². The Morgan fingerprint density at radius 3 is 2.27 bits per heavy atom. The Morgan fingerprint density at radius 1 is 0.950 bits per heavy atom. The summed E-state index contributed by atoms with van der Waals surface area (Å²) in [7, 11) is 0. The van der Waals surface area contributed by atoms with E-state index < -0.39 is 23.3 Å². The highest BCUT2D eigenvalue weighted by Crippen LogP contribution is 2.34. The minimum absolute atomic E-state index is 0.174. The minimum atomic E-state index is -4.50. The summed E-state index contributed by atoms with van der Waals surface area (Å²) in [5.41, 5.74) is 0.630. The molecule has 1 fully saturated rings. The molecule has 2 heterocycles. The van der Waals surface area contributed by atoms with Crippen LogP contribution in [-0.2, 0) is 17.4 Å². The zero-order chi connectivity index (χ0) is 28.3. The molecule has 0 bridgehead atoms. The molecule has 6 nitrogen and oxygen atoms in total. The summed E-state index contributed by atoms with van der Waals surface area (Å²) in [4.78, 5) is 27.0. The van der Waals surface area contributed by atoms with E-state index in [4.69, 9.17) is 13.9 Å². The van der Waals surface area contributed by atoms with Gasteiger partial charge in [-0.2, -0.15) is 13.2 Å². The second-order valence-electron chi connectivity index (χ2n) is 9.79. The lowest BCUT2D eigenvalue weighted by molar-refractivity contribution is -0.137. The number of nitrogens with zero attached hydrogens (tertiary/aromatic N) is 1. The molecule has 9 heteroatoms. The summed E-state index contributed by atoms with van der Waals surface area (Å²) in [5.74, 6) is 0.423. The standard InChI is InChI=1S/C31H28F3NO5/c1-20(36)39-25-12-13-26-27(18-21-4-10-24(11-5-21)38-17-16-35-14-2-3-15-35)29(30(37)40-28(26)19-25)22-6-8-23(9-7-22)31(32,33)34/h4-13,19H,2-3,14-18H2,1H3. The van der Waals surface area contributed by atoms with Gasteiger partial charge in [0.1, 0.15) is 23.7 Å². The minimum Gasteiger partial charge on any atom is -0.492 e. The van der Waals surface area contributed by atoms with Crippen molar-refractivity contribution in [2.24, 2.45) is 0 Å². The number of fused-ring (bicyclic) bond motifs is 1. The second-order valence-corrected chi connectivity index (χ2v) is 9.79. The van der Waals surface area contributed by atoms with Crippen LogP contribution in [0.5, 0.6) is 11.5 Å². The first-order valence-electron chi connectivity index (χ1n) is 13.1. The summed E-state index contributed by atoms with van der Waals surface area (Å²) >= 11 is 0. The van der Waals surface area contributed by atoms with Gasteiger partial charge in [0, 0.05) is 24.9 Å². The third-order valence-corrected chi connectivity index (χ3v) is 6.93. The average Bonchev–Trinajstić information content (AvgIpc) is 3.42. The van der Waals surface area contributed by atoms with Gasteiger partial charge in [0.25, 0.3) is 0 Å². The second kappa shape index (κ2) is 11.6. The topological polar surface area (TPSA) is 69.0 Å². The lowest BCUT2D eigenvalue weighted by Gasteiger charge is -2.15. The Balaban J connectivity index is 1.48. The van der Waals surface area contributed by atoms with Crippen LogP contribution in [-0.4, -0.2) is 37.1 Å². The molecule has 0 saturated carbocycles. The van der Waals surface area contributed by atoms with Gasteiger partial charge >= 0.3 is 17.8 Å². The highest BCUT2D eigenvalue weighted by molar-refractivity contribution is 5.88. The largest absolute Gasteiger partial charge is 0.492 e. The number of benzene rings is 3. The third kappa shape index (κ3) is 6.37. The summed E-state index contributed by atoms with van der Waals surface area (Å²) in [6, 6.07) is 16.7.